The minimum Gasteiger partial charge on any atom is -0.455 e. The molecule has 330 valence electrons. The van der Waals surface area contributed by atoms with Crippen LogP contribution in [-0.4, -0.2) is 16.1 Å². The van der Waals surface area contributed by atoms with E-state index in [4.69, 9.17) is 8.83 Å². The summed E-state index contributed by atoms with van der Waals surface area (Å²) in [4.78, 5) is 4.88. The third-order valence-corrected chi connectivity index (χ3v) is 22.5. The van der Waals surface area contributed by atoms with Crippen molar-refractivity contribution >= 4 is 115 Å². The molecule has 4 nitrogen and oxygen atoms in total. The summed E-state index contributed by atoms with van der Waals surface area (Å²) in [5, 5.41) is 10.7. The van der Waals surface area contributed by atoms with Gasteiger partial charge in [-0.05, 0) is 138 Å². The Morgan fingerprint density at radius 1 is 0.368 bits per heavy atom. The summed E-state index contributed by atoms with van der Waals surface area (Å²) in [6.45, 7) is 19.0. The number of fused-ring (bicyclic) bond motifs is 15. The first-order chi connectivity index (χ1) is 32.9. The van der Waals surface area contributed by atoms with Crippen LogP contribution in [0.3, 0.4) is 0 Å². The lowest BCUT2D eigenvalue weighted by Gasteiger charge is -2.30. The molecule has 0 unspecified atom stereocenters. The smallest absolute Gasteiger partial charge is 0.160 e. The van der Waals surface area contributed by atoms with Gasteiger partial charge in [0.25, 0.3) is 0 Å². The lowest BCUT2D eigenvalue weighted by atomic mass is 9.95. The molecule has 0 fully saturated rings. The van der Waals surface area contributed by atoms with Crippen LogP contribution in [0.4, 0.5) is 34.1 Å². The maximum atomic E-state index is 7.20. The van der Waals surface area contributed by atoms with E-state index in [1.807, 2.05) is 0 Å². The average molecular weight is 913 g/mol. The standard InChI is InChI=1S/C62H52N2O2Si2/c1-37-17-25-41(26-18-37)63(42-27-19-38(2)20-28-42)49-35-54-57(60-55(49)45-13-9-11-15-51(45)66-60)48-34-33-47-56-53(67(5,6)61(47)62(48)68(54,7)8)36-50(59-58(56)46-14-10-12-16-52(46)65-59)64(43-29-21-39(3)22-30-43)44-31-23-40(4)24-32-44/h9-36H,1-8H3. The molecule has 0 spiro atoms. The van der Waals surface area contributed by atoms with E-state index in [1.54, 1.807) is 10.4 Å². The van der Waals surface area contributed by atoms with Crippen molar-refractivity contribution in [3.05, 3.63) is 192 Å². The van der Waals surface area contributed by atoms with Gasteiger partial charge in [0.1, 0.15) is 32.9 Å². The Morgan fingerprint density at radius 3 is 1.21 bits per heavy atom. The Kier molecular flexibility index (Phi) is 8.75. The zero-order valence-corrected chi connectivity index (χ0v) is 41.9. The number of nitrogens with zero attached hydrogens (tertiary/aromatic N) is 2. The highest BCUT2D eigenvalue weighted by molar-refractivity contribution is 7.13. The van der Waals surface area contributed by atoms with Crippen LogP contribution < -0.4 is 30.5 Å². The number of hydrogen-bond acceptors (Lipinski definition) is 4. The summed E-state index contributed by atoms with van der Waals surface area (Å²) in [6, 6.07) is 63.1. The number of aryl methyl sites for hydroxylation is 4. The molecule has 0 amide bonds. The Bertz CT molecular complexity index is 3790. The first-order valence-electron chi connectivity index (χ1n) is 23.9. The van der Waals surface area contributed by atoms with Gasteiger partial charge in [-0.25, -0.2) is 0 Å². The summed E-state index contributed by atoms with van der Waals surface area (Å²) in [5.41, 5.74) is 20.7. The first-order valence-corrected chi connectivity index (χ1v) is 29.9. The fourth-order valence-corrected chi connectivity index (χ4v) is 20.3. The molecule has 2 aromatic heterocycles. The second-order valence-electron chi connectivity index (χ2n) is 20.4. The van der Waals surface area contributed by atoms with E-state index in [-0.39, 0.29) is 0 Å². The van der Waals surface area contributed by atoms with E-state index < -0.39 is 16.1 Å². The molecule has 2 aliphatic heterocycles. The molecule has 0 bridgehead atoms. The highest BCUT2D eigenvalue weighted by atomic mass is 28.3. The molecule has 6 heteroatoms. The maximum Gasteiger partial charge on any atom is 0.160 e. The van der Waals surface area contributed by atoms with Gasteiger partial charge >= 0.3 is 0 Å². The number of para-hydroxylation sites is 2. The Labute approximate surface area is 399 Å². The zero-order chi connectivity index (χ0) is 46.4. The highest BCUT2D eigenvalue weighted by Crippen LogP contribution is 2.51. The zero-order valence-electron chi connectivity index (χ0n) is 39.9. The SMILES string of the molecule is Cc1ccc(N(c2ccc(C)cc2)c2cc3c(c4c2oc2ccccc24)-c2ccc4c(c2[Si]3(C)C)[Si](C)(C)c2cc(N(c3ccc(C)cc3)c3ccc(C)cc3)c3c(oc5ccccc53)c2-4)cc1. The molecule has 0 saturated carbocycles. The van der Waals surface area contributed by atoms with Gasteiger partial charge in [0.2, 0.25) is 0 Å². The fraction of sp³-hybridized carbons (Fsp3) is 0.129. The summed E-state index contributed by atoms with van der Waals surface area (Å²) in [6.07, 6.45) is 0. The van der Waals surface area contributed by atoms with Crippen molar-refractivity contribution in [3.63, 3.8) is 0 Å². The van der Waals surface area contributed by atoms with Crippen LogP contribution in [0.15, 0.2) is 179 Å². The van der Waals surface area contributed by atoms with Crippen molar-refractivity contribution in [2.45, 2.75) is 53.9 Å². The monoisotopic (exact) mass is 912 g/mol. The molecule has 0 atom stereocenters. The summed E-state index contributed by atoms with van der Waals surface area (Å²) in [5.74, 6) is 0. The molecular weight excluding hydrogens is 861 g/mol. The van der Waals surface area contributed by atoms with Crippen molar-refractivity contribution in [2.24, 2.45) is 0 Å². The maximum absolute atomic E-state index is 7.20. The van der Waals surface area contributed by atoms with Gasteiger partial charge in [-0.3, -0.25) is 0 Å². The van der Waals surface area contributed by atoms with Crippen LogP contribution in [-0.2, 0) is 0 Å². The lowest BCUT2D eigenvalue weighted by Crippen LogP contribution is -2.63. The van der Waals surface area contributed by atoms with Crippen molar-refractivity contribution in [1.29, 1.82) is 0 Å². The molecule has 11 aromatic rings. The van der Waals surface area contributed by atoms with Crippen molar-refractivity contribution in [2.75, 3.05) is 9.80 Å². The first kappa shape index (κ1) is 40.9. The van der Waals surface area contributed by atoms with Crippen molar-refractivity contribution in [3.8, 4) is 22.3 Å². The van der Waals surface area contributed by atoms with E-state index in [9.17, 15) is 0 Å². The van der Waals surface area contributed by atoms with Gasteiger partial charge in [-0.1, -0.05) is 146 Å². The molecule has 68 heavy (non-hydrogen) atoms. The quantitative estimate of drug-likeness (QED) is 0.156. The molecular formula is C62H52N2O2Si2. The molecule has 0 aliphatic carbocycles. The minimum absolute atomic E-state index is 0.910. The average Bonchev–Trinajstić information content (AvgIpc) is 4.04. The van der Waals surface area contributed by atoms with E-state index in [0.717, 1.165) is 72.6 Å². The fourth-order valence-electron chi connectivity index (χ4n) is 11.9. The van der Waals surface area contributed by atoms with Gasteiger partial charge in [-0.2, -0.15) is 0 Å². The van der Waals surface area contributed by atoms with Crippen LogP contribution >= 0.6 is 0 Å². The third-order valence-electron chi connectivity index (χ3n) is 15.2. The second-order valence-corrected chi connectivity index (χ2v) is 29.0. The molecule has 2 aliphatic rings. The summed E-state index contributed by atoms with van der Waals surface area (Å²) < 4.78 is 14.3. The van der Waals surface area contributed by atoms with Gasteiger partial charge in [-0.15, -0.1) is 0 Å². The third kappa shape index (κ3) is 5.77. The number of furan rings is 2. The van der Waals surface area contributed by atoms with Gasteiger partial charge in [0.05, 0.1) is 16.8 Å². The molecule has 9 aromatic carbocycles. The summed E-state index contributed by atoms with van der Waals surface area (Å²) in [7, 11) is -4.94. The predicted molar refractivity (Wildman–Crippen MR) is 294 cm³/mol. The van der Waals surface area contributed by atoms with E-state index in [1.165, 1.54) is 60.3 Å². The van der Waals surface area contributed by atoms with E-state index in [0.29, 0.717) is 0 Å². The van der Waals surface area contributed by atoms with E-state index in [2.05, 4.69) is 234 Å². The predicted octanol–water partition coefficient (Wildman–Crippen LogP) is 15.3. The number of anilines is 6. The highest BCUT2D eigenvalue weighted by Gasteiger charge is 2.50. The molecule has 0 N–H and O–H groups in total. The van der Waals surface area contributed by atoms with Gasteiger partial charge in [0.15, 0.2) is 5.58 Å². The van der Waals surface area contributed by atoms with Crippen LogP contribution in [0.5, 0.6) is 0 Å². The van der Waals surface area contributed by atoms with Gasteiger partial charge < -0.3 is 18.6 Å². The van der Waals surface area contributed by atoms with Crippen LogP contribution in [0, 0.1) is 27.7 Å². The molecule has 0 saturated heterocycles. The van der Waals surface area contributed by atoms with Crippen molar-refractivity contribution < 1.29 is 8.83 Å². The number of benzene rings is 9. The Morgan fingerprint density at radius 2 is 0.735 bits per heavy atom. The van der Waals surface area contributed by atoms with Crippen LogP contribution in [0.2, 0.25) is 26.2 Å². The minimum atomic E-state index is -2.47. The van der Waals surface area contributed by atoms with Crippen LogP contribution in [0.1, 0.15) is 22.3 Å². The second kappa shape index (κ2) is 14.6. The largest absolute Gasteiger partial charge is 0.455 e. The van der Waals surface area contributed by atoms with Gasteiger partial charge in [0, 0.05) is 44.5 Å². The van der Waals surface area contributed by atoms with E-state index >= 15 is 0 Å². The topological polar surface area (TPSA) is 32.8 Å². The number of hydrogen-bond donors (Lipinski definition) is 0. The molecule has 4 heterocycles. The van der Waals surface area contributed by atoms with Crippen LogP contribution in [0.25, 0.3) is 66.1 Å². The Balaban J connectivity index is 1.09. The number of rotatable bonds is 6. The summed E-state index contributed by atoms with van der Waals surface area (Å²) >= 11 is 0. The molecule has 13 rings (SSSR count). The normalized spacial score (nSPS) is 14.1. The van der Waals surface area contributed by atoms with Crippen molar-refractivity contribution in [1.82, 2.24) is 0 Å². The Hall–Kier alpha value is -7.39. The molecule has 0 radical (unpaired) electrons. The lowest BCUT2D eigenvalue weighted by molar-refractivity contribution is 0.669.